The number of aromatic nitrogens is 1. The molecule has 1 aromatic heterocycles. The van der Waals surface area contributed by atoms with E-state index in [0.717, 1.165) is 62.7 Å². The lowest BCUT2D eigenvalue weighted by molar-refractivity contribution is -0.140. The van der Waals surface area contributed by atoms with Crippen molar-refractivity contribution in [1.82, 2.24) is 10.3 Å². The highest BCUT2D eigenvalue weighted by atomic mass is 16.5. The number of allylic oxidation sites excluding steroid dienone is 3. The van der Waals surface area contributed by atoms with Crippen molar-refractivity contribution in [2.75, 3.05) is 7.11 Å². The zero-order valence-corrected chi connectivity index (χ0v) is 24.3. The normalized spacial score (nSPS) is 33.2. The van der Waals surface area contributed by atoms with Crippen LogP contribution < -0.4 is 5.32 Å². The van der Waals surface area contributed by atoms with E-state index in [4.69, 9.17) is 0 Å². The Balaban J connectivity index is 1.12. The number of rotatable bonds is 10. The first-order valence-corrected chi connectivity index (χ1v) is 15.5. The van der Waals surface area contributed by atoms with Gasteiger partial charge in [-0.2, -0.15) is 0 Å². The Bertz CT molecular complexity index is 1090. The van der Waals surface area contributed by atoms with Crippen molar-refractivity contribution in [3.8, 4) is 0 Å². The van der Waals surface area contributed by atoms with Crippen LogP contribution in [-0.2, 0) is 14.3 Å². The average Bonchev–Trinajstić information content (AvgIpc) is 3.30. The molecule has 4 aliphatic carbocycles. The number of ether oxygens (including phenoxy) is 1. The molecule has 0 aromatic carbocycles. The summed E-state index contributed by atoms with van der Waals surface area (Å²) in [6.45, 7) is 5.07. The molecular formula is C34H48N2O3. The lowest BCUT2D eigenvalue weighted by atomic mass is 9.47. The van der Waals surface area contributed by atoms with Gasteiger partial charge in [0, 0.05) is 31.3 Å². The van der Waals surface area contributed by atoms with E-state index in [9.17, 15) is 9.59 Å². The minimum Gasteiger partial charge on any atom is -0.469 e. The van der Waals surface area contributed by atoms with E-state index in [1.807, 2.05) is 6.20 Å². The monoisotopic (exact) mass is 532 g/mol. The van der Waals surface area contributed by atoms with Crippen LogP contribution in [0, 0.1) is 28.6 Å². The van der Waals surface area contributed by atoms with Gasteiger partial charge in [0.2, 0.25) is 5.91 Å². The second kappa shape index (κ2) is 12.0. The summed E-state index contributed by atoms with van der Waals surface area (Å²) in [6, 6.07) is 4.59. The van der Waals surface area contributed by atoms with Crippen molar-refractivity contribution in [2.24, 2.45) is 28.6 Å². The van der Waals surface area contributed by atoms with Crippen LogP contribution in [0.3, 0.4) is 0 Å². The van der Waals surface area contributed by atoms with Crippen molar-refractivity contribution in [3.05, 3.63) is 47.8 Å². The van der Waals surface area contributed by atoms with Gasteiger partial charge < -0.3 is 10.1 Å². The third-order valence-corrected chi connectivity index (χ3v) is 11.0. The summed E-state index contributed by atoms with van der Waals surface area (Å²) in [5.74, 6) is 2.31. The maximum Gasteiger partial charge on any atom is 0.305 e. The molecule has 5 heteroatoms. The number of hydrogen-bond acceptors (Lipinski definition) is 4. The second-order valence-electron chi connectivity index (χ2n) is 13.2. The van der Waals surface area contributed by atoms with Crippen molar-refractivity contribution in [3.63, 3.8) is 0 Å². The third-order valence-electron chi connectivity index (χ3n) is 11.0. The number of fused-ring (bicyclic) bond motifs is 5. The summed E-state index contributed by atoms with van der Waals surface area (Å²) in [5, 5.41) is 3.38. The minimum atomic E-state index is -0.131. The summed E-state index contributed by atoms with van der Waals surface area (Å²) in [6.07, 6.45) is 23.4. The molecule has 4 aliphatic rings. The molecular weight excluding hydrogens is 484 g/mol. The number of carbonyl (C=O) groups excluding carboxylic acids is 2. The molecule has 39 heavy (non-hydrogen) atoms. The summed E-state index contributed by atoms with van der Waals surface area (Å²) in [5.41, 5.74) is 5.01. The first-order valence-electron chi connectivity index (χ1n) is 15.5. The molecule has 0 unspecified atom stereocenters. The molecule has 1 N–H and O–H groups in total. The van der Waals surface area contributed by atoms with Gasteiger partial charge in [0.1, 0.15) is 0 Å². The van der Waals surface area contributed by atoms with Gasteiger partial charge in [0.05, 0.1) is 7.11 Å². The van der Waals surface area contributed by atoms with Crippen molar-refractivity contribution >= 4 is 17.4 Å². The largest absolute Gasteiger partial charge is 0.469 e. The van der Waals surface area contributed by atoms with Crippen LogP contribution in [0.4, 0.5) is 0 Å². The van der Waals surface area contributed by atoms with Crippen LogP contribution in [0.5, 0.6) is 0 Å². The van der Waals surface area contributed by atoms with Crippen LogP contribution in [0.1, 0.15) is 109 Å². The zero-order chi connectivity index (χ0) is 27.5. The predicted octanol–water partition coefficient (Wildman–Crippen LogP) is 7.43. The van der Waals surface area contributed by atoms with Crippen molar-refractivity contribution < 1.29 is 14.3 Å². The Labute approximate surface area is 235 Å². The number of hydrogen-bond donors (Lipinski definition) is 1. The third kappa shape index (κ3) is 5.74. The number of nitrogens with one attached hydrogen (secondary N) is 1. The minimum absolute atomic E-state index is 0.131. The van der Waals surface area contributed by atoms with Gasteiger partial charge in [-0.1, -0.05) is 56.9 Å². The topological polar surface area (TPSA) is 68.3 Å². The Kier molecular flexibility index (Phi) is 8.63. The average molecular weight is 533 g/mol. The molecule has 2 saturated carbocycles. The number of methoxy groups -OCH3 is 1. The standard InChI is InChI=1S/C34H48N2O3/c1-33-19-17-26(36-31(37)11-7-5-4-6-8-12-32(38)39-3)22-25(33)13-14-27-29-16-15-28(24-10-9-21-35-23-24)34(29,2)20-18-30(27)33/h9-10,13,15,21,23,26-27,29-30H,4-8,11-12,14,16-20,22H2,1-3H3,(H,36,37)/t26-,27+,29+,30+,33+,34-/m1/s1. The predicted molar refractivity (Wildman–Crippen MR) is 156 cm³/mol. The van der Waals surface area contributed by atoms with Crippen LogP contribution >= 0.6 is 0 Å². The Morgan fingerprint density at radius 3 is 2.51 bits per heavy atom. The number of unbranched alkanes of at least 4 members (excludes halogenated alkanes) is 4. The van der Waals surface area contributed by atoms with Gasteiger partial charge in [0.25, 0.3) is 0 Å². The lowest BCUT2D eigenvalue weighted by Gasteiger charge is -2.58. The Hall–Kier alpha value is -2.43. The fourth-order valence-corrected chi connectivity index (χ4v) is 8.81. The molecule has 0 radical (unpaired) electrons. The van der Waals surface area contributed by atoms with Crippen LogP contribution in [0.2, 0.25) is 0 Å². The highest BCUT2D eigenvalue weighted by Crippen LogP contribution is 2.66. The first-order chi connectivity index (χ1) is 18.8. The fraction of sp³-hybridized carbons (Fsp3) is 0.676. The van der Waals surface area contributed by atoms with E-state index < -0.39 is 0 Å². The summed E-state index contributed by atoms with van der Waals surface area (Å²) < 4.78 is 4.69. The van der Waals surface area contributed by atoms with E-state index in [1.165, 1.54) is 50.4 Å². The van der Waals surface area contributed by atoms with Crippen molar-refractivity contribution in [2.45, 2.75) is 110 Å². The molecule has 0 saturated heterocycles. The Morgan fingerprint density at radius 2 is 1.74 bits per heavy atom. The van der Waals surface area contributed by atoms with Gasteiger partial charge in [-0.15, -0.1) is 0 Å². The van der Waals surface area contributed by atoms with E-state index in [2.05, 4.69) is 59.4 Å². The molecule has 1 aromatic rings. The van der Waals surface area contributed by atoms with E-state index >= 15 is 0 Å². The second-order valence-corrected chi connectivity index (χ2v) is 13.2. The molecule has 2 fully saturated rings. The fourth-order valence-electron chi connectivity index (χ4n) is 8.81. The summed E-state index contributed by atoms with van der Waals surface area (Å²) in [7, 11) is 1.44. The van der Waals surface area contributed by atoms with Crippen LogP contribution in [0.15, 0.2) is 42.3 Å². The number of amides is 1. The highest BCUT2D eigenvalue weighted by Gasteiger charge is 2.56. The smallest absolute Gasteiger partial charge is 0.305 e. The van der Waals surface area contributed by atoms with Crippen LogP contribution in [0.25, 0.3) is 5.57 Å². The molecule has 6 atom stereocenters. The Morgan fingerprint density at radius 1 is 0.974 bits per heavy atom. The number of pyridine rings is 1. The summed E-state index contributed by atoms with van der Waals surface area (Å²) in [4.78, 5) is 28.3. The maximum atomic E-state index is 12.7. The number of nitrogens with zero attached hydrogens (tertiary/aromatic N) is 1. The number of carbonyl (C=O) groups is 2. The molecule has 0 bridgehead atoms. The van der Waals surface area contributed by atoms with E-state index in [-0.39, 0.29) is 28.7 Å². The highest BCUT2D eigenvalue weighted by molar-refractivity contribution is 5.76. The SMILES string of the molecule is COC(=O)CCCCCCCC(=O)N[C@@H]1CC[C@@]2(C)C(=CC[C@@H]3[C@@H]2CC[C@]2(C)C(c4cccnc4)=CC[C@@H]32)C1. The van der Waals surface area contributed by atoms with E-state index in [0.29, 0.717) is 12.8 Å². The zero-order valence-electron chi connectivity index (χ0n) is 24.3. The van der Waals surface area contributed by atoms with Crippen molar-refractivity contribution in [1.29, 1.82) is 0 Å². The molecule has 1 heterocycles. The molecule has 5 nitrogen and oxygen atoms in total. The summed E-state index contributed by atoms with van der Waals surface area (Å²) >= 11 is 0. The molecule has 5 rings (SSSR count). The number of esters is 1. The van der Waals surface area contributed by atoms with Gasteiger partial charge in [-0.25, -0.2) is 0 Å². The molecule has 1 amide bonds. The quantitative estimate of drug-likeness (QED) is 0.193. The molecule has 0 aliphatic heterocycles. The van der Waals surface area contributed by atoms with Gasteiger partial charge in [-0.3, -0.25) is 14.6 Å². The van der Waals surface area contributed by atoms with Gasteiger partial charge in [-0.05, 0) is 104 Å². The lowest BCUT2D eigenvalue weighted by Crippen LogP contribution is -2.51. The van der Waals surface area contributed by atoms with Crippen LogP contribution in [-0.4, -0.2) is 30.0 Å². The van der Waals surface area contributed by atoms with Gasteiger partial charge in [0.15, 0.2) is 0 Å². The van der Waals surface area contributed by atoms with Gasteiger partial charge >= 0.3 is 5.97 Å². The molecule has 0 spiro atoms. The first kappa shape index (κ1) is 28.1. The maximum absolute atomic E-state index is 12.7. The molecule has 212 valence electrons. The van der Waals surface area contributed by atoms with E-state index in [1.54, 1.807) is 5.57 Å².